The highest BCUT2D eigenvalue weighted by molar-refractivity contribution is 5.71. The molecule has 0 aliphatic rings. The maximum absolute atomic E-state index is 12.8. The molecule has 1 unspecified atom stereocenters. The van der Waals surface area contributed by atoms with E-state index in [0.29, 0.717) is 19.3 Å². The summed E-state index contributed by atoms with van der Waals surface area (Å²) in [6, 6.07) is 0. The molecule has 6 heteroatoms. The second kappa shape index (κ2) is 52.7. The van der Waals surface area contributed by atoms with Crippen LogP contribution in [-0.4, -0.2) is 37.2 Å². The van der Waals surface area contributed by atoms with Crippen LogP contribution in [0.3, 0.4) is 0 Å². The molecule has 0 bridgehead atoms. The van der Waals surface area contributed by atoms with E-state index in [1.165, 1.54) is 57.8 Å². The van der Waals surface area contributed by atoms with E-state index in [4.69, 9.17) is 14.2 Å². The van der Waals surface area contributed by atoms with Gasteiger partial charge in [0.15, 0.2) is 6.10 Å². The van der Waals surface area contributed by atoms with Gasteiger partial charge in [-0.05, 0) is 96.3 Å². The lowest BCUT2D eigenvalue weighted by Crippen LogP contribution is -2.30. The van der Waals surface area contributed by atoms with Crippen LogP contribution in [0.4, 0.5) is 0 Å². The Morgan fingerprint density at radius 2 is 0.692 bits per heavy atom. The summed E-state index contributed by atoms with van der Waals surface area (Å²) in [5.41, 5.74) is 0. The van der Waals surface area contributed by atoms with Crippen molar-refractivity contribution in [2.75, 3.05) is 13.2 Å². The number of unbranched alkanes of at least 4 members (excludes halogenated alkanes) is 21. The average Bonchev–Trinajstić information content (AvgIpc) is 3.30. The lowest BCUT2D eigenvalue weighted by Gasteiger charge is -2.18. The summed E-state index contributed by atoms with van der Waals surface area (Å²) in [5, 5.41) is 0. The summed E-state index contributed by atoms with van der Waals surface area (Å²) in [5.74, 6) is -0.959. The third kappa shape index (κ3) is 50.9. The molecule has 0 amide bonds. The van der Waals surface area contributed by atoms with Crippen molar-refractivity contribution in [1.82, 2.24) is 0 Å². The highest BCUT2D eigenvalue weighted by atomic mass is 16.6. The summed E-state index contributed by atoms with van der Waals surface area (Å²) in [6.07, 6.45) is 70.6. The second-order valence-electron chi connectivity index (χ2n) is 17.2. The summed E-state index contributed by atoms with van der Waals surface area (Å²) >= 11 is 0. The normalized spacial score (nSPS) is 13.0. The quantitative estimate of drug-likeness (QED) is 0.0199. The number of allylic oxidation sites excluding steroid dienone is 18. The van der Waals surface area contributed by atoms with Gasteiger partial charge in [0.25, 0.3) is 0 Å². The van der Waals surface area contributed by atoms with Crippen molar-refractivity contribution in [2.24, 2.45) is 0 Å². The molecule has 0 saturated heterocycles. The van der Waals surface area contributed by atoms with Crippen LogP contribution in [0.2, 0.25) is 0 Å². The highest BCUT2D eigenvalue weighted by Gasteiger charge is 2.19. The van der Waals surface area contributed by atoms with Crippen LogP contribution in [0.1, 0.15) is 226 Å². The number of carbonyl (C=O) groups is 3. The molecule has 0 saturated carbocycles. The van der Waals surface area contributed by atoms with E-state index in [1.807, 2.05) is 24.3 Å². The molecule has 0 rings (SSSR count). The van der Waals surface area contributed by atoms with E-state index in [1.54, 1.807) is 0 Å². The molecule has 0 fully saturated rings. The number of rotatable bonds is 46. The van der Waals surface area contributed by atoms with Gasteiger partial charge in [0.2, 0.25) is 0 Å². The van der Waals surface area contributed by atoms with E-state index in [2.05, 4.69) is 106 Å². The maximum atomic E-state index is 12.8. The molecule has 1 atom stereocenters. The van der Waals surface area contributed by atoms with Gasteiger partial charge in [-0.15, -0.1) is 0 Å². The van der Waals surface area contributed by atoms with Crippen molar-refractivity contribution in [3.05, 3.63) is 109 Å². The molecule has 6 nitrogen and oxygen atoms in total. The Kier molecular flexibility index (Phi) is 49.5. The molecule has 368 valence electrons. The Labute approximate surface area is 400 Å². The fraction of sp³-hybridized carbons (Fsp3) is 0.644. The zero-order valence-electron chi connectivity index (χ0n) is 42.0. The first-order valence-corrected chi connectivity index (χ1v) is 26.5. The Morgan fingerprint density at radius 3 is 1.17 bits per heavy atom. The minimum Gasteiger partial charge on any atom is -0.462 e. The van der Waals surface area contributed by atoms with Crippen LogP contribution < -0.4 is 0 Å². The van der Waals surface area contributed by atoms with Gasteiger partial charge >= 0.3 is 17.9 Å². The summed E-state index contributed by atoms with van der Waals surface area (Å²) in [7, 11) is 0. The molecule has 0 radical (unpaired) electrons. The molecule has 0 aromatic rings. The van der Waals surface area contributed by atoms with Crippen molar-refractivity contribution in [2.45, 2.75) is 232 Å². The smallest absolute Gasteiger partial charge is 0.306 e. The van der Waals surface area contributed by atoms with Crippen LogP contribution >= 0.6 is 0 Å². The van der Waals surface area contributed by atoms with E-state index < -0.39 is 6.10 Å². The predicted octanol–water partition coefficient (Wildman–Crippen LogP) is 17.5. The van der Waals surface area contributed by atoms with Crippen molar-refractivity contribution in [3.63, 3.8) is 0 Å². The summed E-state index contributed by atoms with van der Waals surface area (Å²) in [6.45, 7) is 6.37. The summed E-state index contributed by atoms with van der Waals surface area (Å²) < 4.78 is 16.8. The lowest BCUT2D eigenvalue weighted by atomic mass is 10.1. The molecule has 0 N–H and O–H groups in total. The largest absolute Gasteiger partial charge is 0.462 e. The van der Waals surface area contributed by atoms with Gasteiger partial charge in [-0.1, -0.05) is 220 Å². The van der Waals surface area contributed by atoms with Crippen LogP contribution in [0.5, 0.6) is 0 Å². The molecule has 65 heavy (non-hydrogen) atoms. The van der Waals surface area contributed by atoms with Gasteiger partial charge in [0.1, 0.15) is 13.2 Å². The van der Waals surface area contributed by atoms with Gasteiger partial charge in [-0.2, -0.15) is 0 Å². The Morgan fingerprint density at radius 1 is 0.338 bits per heavy atom. The van der Waals surface area contributed by atoms with Gasteiger partial charge in [-0.25, -0.2) is 0 Å². The molecule has 0 spiro atoms. The minimum atomic E-state index is -0.804. The van der Waals surface area contributed by atoms with Crippen molar-refractivity contribution < 1.29 is 28.6 Å². The zero-order chi connectivity index (χ0) is 47.2. The average molecular weight is 901 g/mol. The van der Waals surface area contributed by atoms with Crippen molar-refractivity contribution >= 4 is 17.9 Å². The monoisotopic (exact) mass is 901 g/mol. The Bertz CT molecular complexity index is 1360. The standard InChI is InChI=1S/C59H96O6/c1-4-7-10-13-16-19-22-25-27-29-30-32-34-37-40-43-46-49-52-58(61)64-55-56(54-63-57(60)51-48-45-42-39-36-33-24-21-18-15-12-9-6-3)65-59(62)53-50-47-44-41-38-35-31-28-26-23-20-17-14-11-8-5-2/h8,10-11,13,16-17,19-20,22,25-30,32-33,36,56H,4-7,9,12,14-15,18,21,23-24,31,34-35,37-55H2,1-3H3/b11-8-,13-10-,19-16-,20-17-,25-22-,28-26-,29-27-,32-30-,36-33-. The first kappa shape index (κ1) is 61.1. The van der Waals surface area contributed by atoms with Crippen molar-refractivity contribution in [3.8, 4) is 0 Å². The van der Waals surface area contributed by atoms with Crippen molar-refractivity contribution in [1.29, 1.82) is 0 Å². The highest BCUT2D eigenvalue weighted by Crippen LogP contribution is 2.13. The van der Waals surface area contributed by atoms with E-state index in [9.17, 15) is 14.4 Å². The lowest BCUT2D eigenvalue weighted by molar-refractivity contribution is -0.167. The van der Waals surface area contributed by atoms with E-state index >= 15 is 0 Å². The van der Waals surface area contributed by atoms with Crippen LogP contribution in [0.15, 0.2) is 109 Å². The molecule has 0 heterocycles. The molecule has 0 aromatic carbocycles. The van der Waals surface area contributed by atoms with Crippen LogP contribution in [0.25, 0.3) is 0 Å². The third-order valence-electron chi connectivity index (χ3n) is 10.8. The zero-order valence-corrected chi connectivity index (χ0v) is 42.0. The number of esters is 3. The number of hydrogen-bond donors (Lipinski definition) is 0. The third-order valence-corrected chi connectivity index (χ3v) is 10.8. The molecule has 0 aromatic heterocycles. The number of ether oxygens (including phenoxy) is 3. The maximum Gasteiger partial charge on any atom is 0.306 e. The van der Waals surface area contributed by atoms with Gasteiger partial charge < -0.3 is 14.2 Å². The second-order valence-corrected chi connectivity index (χ2v) is 17.2. The fourth-order valence-electron chi connectivity index (χ4n) is 6.89. The van der Waals surface area contributed by atoms with Gasteiger partial charge in [0.05, 0.1) is 0 Å². The first-order chi connectivity index (χ1) is 32.0. The number of carbonyl (C=O) groups excluding carboxylic acids is 3. The topological polar surface area (TPSA) is 78.9 Å². The van der Waals surface area contributed by atoms with Crippen LogP contribution in [-0.2, 0) is 28.6 Å². The first-order valence-electron chi connectivity index (χ1n) is 26.5. The number of hydrogen-bond acceptors (Lipinski definition) is 6. The summed E-state index contributed by atoms with van der Waals surface area (Å²) in [4.78, 5) is 38.0. The van der Waals surface area contributed by atoms with E-state index in [0.717, 1.165) is 128 Å². The molecule has 0 aliphatic heterocycles. The fourth-order valence-corrected chi connectivity index (χ4v) is 6.89. The Hall–Kier alpha value is -3.93. The minimum absolute atomic E-state index is 0.102. The Balaban J connectivity index is 4.50. The molecule has 0 aliphatic carbocycles. The SMILES string of the molecule is CC/C=C\C/C=C\C/C=C\CCCCCCCCC(=O)OC(COC(=O)CCCCC/C=C\CCCCCCCC)COC(=O)CCCCCCC\C=C/C=C\C=C/C=C\C=C/CCC. The van der Waals surface area contributed by atoms with Crippen LogP contribution in [0, 0.1) is 0 Å². The van der Waals surface area contributed by atoms with Gasteiger partial charge in [-0.3, -0.25) is 14.4 Å². The molecular formula is C59H96O6. The predicted molar refractivity (Wildman–Crippen MR) is 279 cm³/mol. The van der Waals surface area contributed by atoms with Gasteiger partial charge in [0, 0.05) is 19.3 Å². The molecular weight excluding hydrogens is 805 g/mol. The van der Waals surface area contributed by atoms with E-state index in [-0.39, 0.29) is 31.1 Å².